The van der Waals surface area contributed by atoms with Gasteiger partial charge in [-0.05, 0) is 12.1 Å². The van der Waals surface area contributed by atoms with Crippen LogP contribution < -0.4 is 10.4 Å². The molecule has 0 spiro atoms. The smallest absolute Gasteiger partial charge is 0.178 e. The number of nitrogens with zero attached hydrogens (tertiary/aromatic N) is 7. The molecule has 0 amide bonds. The van der Waals surface area contributed by atoms with Crippen LogP contribution in [0.5, 0.6) is 0 Å². The van der Waals surface area contributed by atoms with Crippen molar-refractivity contribution in [3.8, 4) is 42.5 Å². The molecule has 10 heteroatoms. The highest BCUT2D eigenvalue weighted by Crippen LogP contribution is 2.28. The van der Waals surface area contributed by atoms with E-state index in [9.17, 15) is 29.0 Å². The van der Waals surface area contributed by atoms with Gasteiger partial charge in [-0.25, -0.2) is 13.2 Å². The highest BCUT2D eigenvalue weighted by atomic mass is 19.2. The van der Waals surface area contributed by atoms with Crippen molar-refractivity contribution in [1.82, 2.24) is 0 Å². The summed E-state index contributed by atoms with van der Waals surface area (Å²) in [5.41, 5.74) is -6.23. The molecule has 2 aromatic rings. The summed E-state index contributed by atoms with van der Waals surface area (Å²) < 4.78 is 43.8. The quantitative estimate of drug-likeness (QED) is 0.643. The molecule has 0 aliphatic heterocycles. The van der Waals surface area contributed by atoms with Crippen LogP contribution in [-0.2, 0) is 0 Å². The highest BCUT2D eigenvalue weighted by molar-refractivity contribution is 5.81. The van der Waals surface area contributed by atoms with E-state index in [0.29, 0.717) is 0 Å². The second kappa shape index (κ2) is 8.61. The molecular formula is C21H2F3N7. The Balaban J connectivity index is 3.33. The van der Waals surface area contributed by atoms with Crippen LogP contribution in [0.2, 0.25) is 0 Å². The standard InChI is InChI=1S/C21H2F3N7/c22-19-14(7-29)15(8-30)20(23)21(24)18(19)16(9-31)17-11(3-25)1-10(2-12(17)4-26)13(5-27)6-28/h1-2H. The number of nitriles is 7. The Morgan fingerprint density at radius 1 is 0.613 bits per heavy atom. The van der Waals surface area contributed by atoms with Crippen LogP contribution >= 0.6 is 0 Å². The summed E-state index contributed by atoms with van der Waals surface area (Å²) in [4.78, 5) is 0. The minimum atomic E-state index is -1.97. The minimum absolute atomic E-state index is 0.163. The van der Waals surface area contributed by atoms with Crippen LogP contribution in [0.15, 0.2) is 12.1 Å². The van der Waals surface area contributed by atoms with E-state index >= 15 is 0 Å². The van der Waals surface area contributed by atoms with E-state index in [2.05, 4.69) is 0 Å². The van der Waals surface area contributed by atoms with Crippen molar-refractivity contribution in [3.63, 3.8) is 0 Å². The second-order valence-electron chi connectivity index (χ2n) is 5.55. The van der Waals surface area contributed by atoms with Crippen molar-refractivity contribution in [2.45, 2.75) is 0 Å². The van der Waals surface area contributed by atoms with Gasteiger partial charge in [0.15, 0.2) is 17.5 Å². The molecule has 7 nitrogen and oxygen atoms in total. The molecule has 31 heavy (non-hydrogen) atoms. The Labute approximate surface area is 172 Å². The lowest BCUT2D eigenvalue weighted by Gasteiger charge is -2.09. The maximum atomic E-state index is 14.9. The molecule has 0 heterocycles. The summed E-state index contributed by atoms with van der Waals surface area (Å²) in [5.74, 6) is -5.59. The summed E-state index contributed by atoms with van der Waals surface area (Å²) in [6.07, 6.45) is 0. The highest BCUT2D eigenvalue weighted by Gasteiger charge is 2.28. The molecular weight excluding hydrogens is 407 g/mol. The third-order valence-corrected chi connectivity index (χ3v) is 4.05. The molecule has 0 atom stereocenters. The maximum absolute atomic E-state index is 14.9. The molecule has 0 aromatic heterocycles. The molecule has 0 unspecified atom stereocenters. The first-order chi connectivity index (χ1) is 14.8. The van der Waals surface area contributed by atoms with Crippen LogP contribution in [0, 0.1) is 96.8 Å². The third-order valence-electron chi connectivity index (χ3n) is 4.05. The van der Waals surface area contributed by atoms with Gasteiger partial charge in [0.1, 0.15) is 47.0 Å². The number of halogens is 3. The lowest BCUT2D eigenvalue weighted by molar-refractivity contribution is 0.488. The zero-order valence-electron chi connectivity index (χ0n) is 14.9. The normalized spacial score (nSPS) is 8.90. The molecule has 0 saturated carbocycles. The number of benzene rings is 2. The molecule has 0 radical (unpaired) electrons. The number of hydrogen-bond donors (Lipinski definition) is 0. The van der Waals surface area contributed by atoms with Crippen LogP contribution in [0.4, 0.5) is 13.2 Å². The van der Waals surface area contributed by atoms with Crippen LogP contribution in [0.25, 0.3) is 11.1 Å². The molecule has 0 bridgehead atoms. The Kier molecular flexibility index (Phi) is 6.02. The van der Waals surface area contributed by atoms with Crippen LogP contribution in [0.1, 0.15) is 27.8 Å². The van der Waals surface area contributed by atoms with Crippen molar-refractivity contribution in [3.05, 3.63) is 67.8 Å². The molecule has 0 fully saturated rings. The fourth-order valence-corrected chi connectivity index (χ4v) is 2.71. The number of rotatable bonds is 1. The van der Waals surface area contributed by atoms with Gasteiger partial charge in [-0.2, -0.15) is 36.8 Å². The molecule has 0 aliphatic rings. The predicted octanol–water partition coefficient (Wildman–Crippen LogP) is 1.51. The van der Waals surface area contributed by atoms with E-state index in [1.807, 2.05) is 0 Å². The fourth-order valence-electron chi connectivity index (χ4n) is 2.71. The lowest BCUT2D eigenvalue weighted by atomic mass is 9.93. The minimum Gasteiger partial charge on any atom is -0.205 e. The monoisotopic (exact) mass is 409 g/mol. The van der Waals surface area contributed by atoms with E-state index in [1.165, 1.54) is 12.1 Å². The van der Waals surface area contributed by atoms with E-state index in [4.69, 9.17) is 21.0 Å². The summed E-state index contributed by atoms with van der Waals surface area (Å²) in [6.45, 7) is 0. The second-order valence-corrected chi connectivity index (χ2v) is 5.55. The van der Waals surface area contributed by atoms with Crippen molar-refractivity contribution in [2.75, 3.05) is 0 Å². The van der Waals surface area contributed by atoms with Gasteiger partial charge in [-0.3, -0.25) is 0 Å². The van der Waals surface area contributed by atoms with Gasteiger partial charge < -0.3 is 0 Å². The van der Waals surface area contributed by atoms with Crippen molar-refractivity contribution in [1.29, 1.82) is 36.8 Å². The summed E-state index contributed by atoms with van der Waals surface area (Å²) in [5, 5.41) is 63.6. The van der Waals surface area contributed by atoms with Crippen molar-refractivity contribution < 1.29 is 13.2 Å². The average Bonchev–Trinajstić information content (AvgIpc) is 2.79. The molecule has 2 rings (SSSR count). The first-order valence-electron chi connectivity index (χ1n) is 7.79. The fraction of sp³-hybridized carbons (Fsp3) is 0. The van der Waals surface area contributed by atoms with Gasteiger partial charge in [0.2, 0.25) is 0 Å². The van der Waals surface area contributed by atoms with Crippen LogP contribution in [0.3, 0.4) is 0 Å². The third kappa shape index (κ3) is 3.36. The molecule has 142 valence electrons. The maximum Gasteiger partial charge on any atom is 0.178 e. The van der Waals surface area contributed by atoms with E-state index < -0.39 is 61.6 Å². The van der Waals surface area contributed by atoms with Crippen molar-refractivity contribution >= 4 is 11.1 Å². The van der Waals surface area contributed by atoms with Crippen LogP contribution in [-0.4, -0.2) is 0 Å². The Morgan fingerprint density at radius 3 is 1.48 bits per heavy atom. The van der Waals surface area contributed by atoms with Gasteiger partial charge in [-0.1, -0.05) is 0 Å². The average molecular weight is 409 g/mol. The number of hydrogen-bond acceptors (Lipinski definition) is 7. The summed E-state index contributed by atoms with van der Waals surface area (Å²) in [6, 6.07) is 11.9. The summed E-state index contributed by atoms with van der Waals surface area (Å²) in [7, 11) is 0. The van der Waals surface area contributed by atoms with E-state index in [-0.39, 0.29) is 5.22 Å². The Hall–Kier alpha value is -5.60. The molecule has 0 aliphatic carbocycles. The SMILES string of the molecule is N#CC(C#N)=c1cc(C#N)c(=C(C#N)c2c(F)c(F)c(C#N)c(C#N)c2F)c(C#N)c1. The van der Waals surface area contributed by atoms with Gasteiger partial charge in [0.25, 0.3) is 0 Å². The van der Waals surface area contributed by atoms with Gasteiger partial charge in [0.05, 0.1) is 34.4 Å². The molecule has 2 aromatic carbocycles. The Bertz CT molecular complexity index is 1530. The van der Waals surface area contributed by atoms with Gasteiger partial charge in [-0.15, -0.1) is 0 Å². The molecule has 0 saturated heterocycles. The van der Waals surface area contributed by atoms with Gasteiger partial charge >= 0.3 is 0 Å². The molecule has 0 N–H and O–H groups in total. The predicted molar refractivity (Wildman–Crippen MR) is 93.6 cm³/mol. The lowest BCUT2D eigenvalue weighted by Crippen LogP contribution is -2.23. The zero-order valence-corrected chi connectivity index (χ0v) is 14.9. The van der Waals surface area contributed by atoms with E-state index in [1.54, 1.807) is 24.3 Å². The zero-order chi connectivity index (χ0) is 23.3. The topological polar surface area (TPSA) is 167 Å². The Morgan fingerprint density at radius 2 is 1.10 bits per heavy atom. The van der Waals surface area contributed by atoms with E-state index in [0.717, 1.165) is 18.2 Å². The first kappa shape index (κ1) is 21.7. The summed E-state index contributed by atoms with van der Waals surface area (Å²) >= 11 is 0. The van der Waals surface area contributed by atoms with Crippen molar-refractivity contribution in [2.24, 2.45) is 0 Å². The van der Waals surface area contributed by atoms with Gasteiger partial charge in [0, 0.05) is 10.4 Å². The first-order valence-corrected chi connectivity index (χ1v) is 7.79. The largest absolute Gasteiger partial charge is 0.205 e.